The standard InChI is InChI=1S/C21H22O2/c22-20(14-7-3-1-4-8-14)18-16-11-12-17(13-16)19(18)21(23)15-9-5-2-6-10-15/h1-12,16-23H,13H2/t16-,17+,18-,19+,20-,21-/m1/s1. The van der Waals surface area contributed by atoms with E-state index in [1.165, 1.54) is 0 Å². The Kier molecular flexibility index (Phi) is 3.80. The number of aliphatic hydroxyl groups is 2. The quantitative estimate of drug-likeness (QED) is 0.841. The second-order valence-electron chi connectivity index (χ2n) is 6.81. The van der Waals surface area contributed by atoms with Crippen molar-refractivity contribution in [3.8, 4) is 0 Å². The van der Waals surface area contributed by atoms with E-state index >= 15 is 0 Å². The Morgan fingerprint density at radius 1 is 0.652 bits per heavy atom. The van der Waals surface area contributed by atoms with Crippen LogP contribution in [0.4, 0.5) is 0 Å². The Balaban J connectivity index is 1.66. The highest BCUT2D eigenvalue weighted by Gasteiger charge is 2.50. The van der Waals surface area contributed by atoms with Crippen molar-refractivity contribution in [2.75, 3.05) is 0 Å². The summed E-state index contributed by atoms with van der Waals surface area (Å²) >= 11 is 0. The van der Waals surface area contributed by atoms with Gasteiger partial charge in [-0.1, -0.05) is 72.8 Å². The largest absolute Gasteiger partial charge is 0.388 e. The summed E-state index contributed by atoms with van der Waals surface area (Å²) in [5.41, 5.74) is 1.90. The molecule has 0 spiro atoms. The SMILES string of the molecule is O[C@H](c1ccccc1)[C@H]1[C@@H]([C@H](O)c2ccccc2)[C@H]2C=C[C@@H]1C2. The number of allylic oxidation sites excluding steroid dienone is 2. The maximum Gasteiger partial charge on any atom is 0.0827 e. The summed E-state index contributed by atoms with van der Waals surface area (Å²) in [5.74, 6) is 0.863. The van der Waals surface area contributed by atoms with Crippen LogP contribution in [0.5, 0.6) is 0 Å². The lowest BCUT2D eigenvalue weighted by Gasteiger charge is -2.35. The van der Waals surface area contributed by atoms with Crippen LogP contribution in [0, 0.1) is 23.7 Å². The Morgan fingerprint density at radius 2 is 1.04 bits per heavy atom. The van der Waals surface area contributed by atoms with Gasteiger partial charge in [0.2, 0.25) is 0 Å². The summed E-state index contributed by atoms with van der Waals surface area (Å²) in [6.07, 6.45) is 4.45. The minimum atomic E-state index is -0.528. The second kappa shape index (κ2) is 5.95. The Labute approximate surface area is 137 Å². The summed E-state index contributed by atoms with van der Waals surface area (Å²) in [4.78, 5) is 0. The molecular weight excluding hydrogens is 284 g/mol. The predicted octanol–water partition coefficient (Wildman–Crippen LogP) is 3.89. The third-order valence-corrected chi connectivity index (χ3v) is 5.59. The third-order valence-electron chi connectivity index (χ3n) is 5.59. The van der Waals surface area contributed by atoms with Gasteiger partial charge in [0, 0.05) is 11.8 Å². The smallest absolute Gasteiger partial charge is 0.0827 e. The van der Waals surface area contributed by atoms with Crippen molar-refractivity contribution < 1.29 is 10.2 Å². The van der Waals surface area contributed by atoms with Crippen LogP contribution in [0.1, 0.15) is 29.8 Å². The molecular formula is C21H22O2. The van der Waals surface area contributed by atoms with Crippen LogP contribution in [-0.4, -0.2) is 10.2 Å². The number of benzene rings is 2. The molecule has 6 atom stereocenters. The molecule has 23 heavy (non-hydrogen) atoms. The molecule has 2 N–H and O–H groups in total. The molecule has 0 aromatic heterocycles. The fraction of sp³-hybridized carbons (Fsp3) is 0.333. The van der Waals surface area contributed by atoms with Crippen LogP contribution in [0.2, 0.25) is 0 Å². The molecule has 2 aromatic carbocycles. The lowest BCUT2D eigenvalue weighted by molar-refractivity contribution is -0.000923. The molecule has 2 nitrogen and oxygen atoms in total. The van der Waals surface area contributed by atoms with Gasteiger partial charge in [0.15, 0.2) is 0 Å². The van der Waals surface area contributed by atoms with E-state index in [1.807, 2.05) is 60.7 Å². The fourth-order valence-electron chi connectivity index (χ4n) is 4.53. The Hall–Kier alpha value is -1.90. The molecule has 118 valence electrons. The van der Waals surface area contributed by atoms with Gasteiger partial charge >= 0.3 is 0 Å². The van der Waals surface area contributed by atoms with Crippen LogP contribution in [0.25, 0.3) is 0 Å². The van der Waals surface area contributed by atoms with Gasteiger partial charge < -0.3 is 10.2 Å². The van der Waals surface area contributed by atoms with Crippen LogP contribution in [-0.2, 0) is 0 Å². The van der Waals surface area contributed by atoms with Gasteiger partial charge in [0.05, 0.1) is 12.2 Å². The lowest BCUT2D eigenvalue weighted by Crippen LogP contribution is -2.30. The van der Waals surface area contributed by atoms with Crippen molar-refractivity contribution in [2.24, 2.45) is 23.7 Å². The van der Waals surface area contributed by atoms with Crippen molar-refractivity contribution >= 4 is 0 Å². The van der Waals surface area contributed by atoms with E-state index in [0.717, 1.165) is 17.5 Å². The van der Waals surface area contributed by atoms with Gasteiger partial charge in [-0.15, -0.1) is 0 Å². The van der Waals surface area contributed by atoms with E-state index in [1.54, 1.807) is 0 Å². The van der Waals surface area contributed by atoms with E-state index in [0.29, 0.717) is 11.8 Å². The zero-order valence-corrected chi connectivity index (χ0v) is 13.0. The molecule has 2 aromatic rings. The number of aliphatic hydroxyl groups excluding tert-OH is 2. The van der Waals surface area contributed by atoms with Crippen LogP contribution in [0.15, 0.2) is 72.8 Å². The molecule has 4 rings (SSSR count). The molecule has 0 radical (unpaired) electrons. The van der Waals surface area contributed by atoms with Crippen molar-refractivity contribution in [3.05, 3.63) is 83.9 Å². The highest BCUT2D eigenvalue weighted by Crippen LogP contribution is 2.56. The minimum absolute atomic E-state index is 0.0719. The normalized spacial score (nSPS) is 31.2. The summed E-state index contributed by atoms with van der Waals surface area (Å²) in [6, 6.07) is 19.7. The average Bonchev–Trinajstić information content (AvgIpc) is 3.23. The summed E-state index contributed by atoms with van der Waals surface area (Å²) in [5, 5.41) is 21.9. The first-order valence-electron chi connectivity index (χ1n) is 8.40. The number of hydrogen-bond donors (Lipinski definition) is 2. The van der Waals surface area contributed by atoms with Gasteiger partial charge in [0.25, 0.3) is 0 Å². The number of rotatable bonds is 4. The maximum absolute atomic E-state index is 11.0. The number of fused-ring (bicyclic) bond motifs is 2. The van der Waals surface area contributed by atoms with Crippen molar-refractivity contribution in [3.63, 3.8) is 0 Å². The third kappa shape index (κ3) is 2.52. The molecule has 1 saturated carbocycles. The highest BCUT2D eigenvalue weighted by atomic mass is 16.3. The molecule has 2 heteroatoms. The van der Waals surface area contributed by atoms with Crippen LogP contribution in [0.3, 0.4) is 0 Å². The maximum atomic E-state index is 11.0. The molecule has 0 saturated heterocycles. The fourth-order valence-corrected chi connectivity index (χ4v) is 4.53. The van der Waals surface area contributed by atoms with Crippen LogP contribution >= 0.6 is 0 Å². The van der Waals surface area contributed by atoms with Crippen LogP contribution < -0.4 is 0 Å². The zero-order valence-electron chi connectivity index (χ0n) is 13.0. The molecule has 2 aliphatic carbocycles. The van der Waals surface area contributed by atoms with E-state index in [-0.39, 0.29) is 11.8 Å². The molecule has 2 aliphatic rings. The molecule has 0 heterocycles. The monoisotopic (exact) mass is 306 g/mol. The molecule has 1 fully saturated rings. The summed E-state index contributed by atoms with van der Waals surface area (Å²) < 4.78 is 0. The first-order chi connectivity index (χ1) is 11.3. The summed E-state index contributed by atoms with van der Waals surface area (Å²) in [6.45, 7) is 0. The number of hydrogen-bond acceptors (Lipinski definition) is 2. The molecule has 2 bridgehead atoms. The average molecular weight is 306 g/mol. The summed E-state index contributed by atoms with van der Waals surface area (Å²) in [7, 11) is 0. The van der Waals surface area contributed by atoms with Crippen molar-refractivity contribution in [2.45, 2.75) is 18.6 Å². The van der Waals surface area contributed by atoms with E-state index in [4.69, 9.17) is 0 Å². The highest BCUT2D eigenvalue weighted by molar-refractivity contribution is 5.26. The predicted molar refractivity (Wildman–Crippen MR) is 90.5 cm³/mol. The first-order valence-corrected chi connectivity index (χ1v) is 8.40. The van der Waals surface area contributed by atoms with Gasteiger partial charge in [-0.3, -0.25) is 0 Å². The van der Waals surface area contributed by atoms with Crippen molar-refractivity contribution in [1.82, 2.24) is 0 Å². The first kappa shape index (κ1) is 14.7. The van der Waals surface area contributed by atoms with Gasteiger partial charge in [-0.05, 0) is 29.4 Å². The molecule has 0 aliphatic heterocycles. The van der Waals surface area contributed by atoms with E-state index < -0.39 is 12.2 Å². The lowest BCUT2D eigenvalue weighted by atomic mass is 9.73. The van der Waals surface area contributed by atoms with Gasteiger partial charge in [0.1, 0.15) is 0 Å². The van der Waals surface area contributed by atoms with E-state index in [9.17, 15) is 10.2 Å². The Morgan fingerprint density at radius 3 is 1.43 bits per heavy atom. The second-order valence-corrected chi connectivity index (χ2v) is 6.81. The van der Waals surface area contributed by atoms with Crippen molar-refractivity contribution in [1.29, 1.82) is 0 Å². The Bertz CT molecular complexity index is 620. The van der Waals surface area contributed by atoms with Gasteiger partial charge in [-0.2, -0.15) is 0 Å². The molecule has 0 unspecified atom stereocenters. The van der Waals surface area contributed by atoms with Gasteiger partial charge in [-0.25, -0.2) is 0 Å². The van der Waals surface area contributed by atoms with E-state index in [2.05, 4.69) is 12.2 Å². The zero-order chi connectivity index (χ0) is 15.8. The minimum Gasteiger partial charge on any atom is -0.388 e. The topological polar surface area (TPSA) is 40.5 Å². The molecule has 0 amide bonds.